The molecule has 0 radical (unpaired) electrons. The average Bonchev–Trinajstić information content (AvgIpc) is 2.28. The zero-order chi connectivity index (χ0) is 11.3. The average molecular weight is 206 g/mol. The van der Waals surface area contributed by atoms with E-state index in [0.717, 1.165) is 0 Å². The number of rotatable bonds is 3. The molecular weight excluding hydrogens is 198 g/mol. The number of esters is 1. The van der Waals surface area contributed by atoms with Crippen LogP contribution in [0.4, 0.5) is 5.69 Å². The van der Waals surface area contributed by atoms with Gasteiger partial charge in [0.05, 0.1) is 18.4 Å². The largest absolute Gasteiger partial charge is 0.465 e. The van der Waals surface area contributed by atoms with Crippen LogP contribution in [0.15, 0.2) is 29.4 Å². The van der Waals surface area contributed by atoms with E-state index in [1.807, 2.05) is 0 Å². The fourth-order valence-electron chi connectivity index (χ4n) is 0.949. The van der Waals surface area contributed by atoms with Gasteiger partial charge in [0.1, 0.15) is 0 Å². The lowest BCUT2D eigenvalue weighted by Crippen LogP contribution is -2.09. The zero-order valence-electron chi connectivity index (χ0n) is 7.91. The van der Waals surface area contributed by atoms with E-state index >= 15 is 0 Å². The third-order valence-electron chi connectivity index (χ3n) is 1.66. The summed E-state index contributed by atoms with van der Waals surface area (Å²) in [6.07, 6.45) is 0. The number of anilines is 1. The van der Waals surface area contributed by atoms with Crippen LogP contribution in [-0.2, 0) is 4.74 Å². The number of hydrogen-bond donors (Lipinski definition) is 1. The molecule has 0 aliphatic heterocycles. The molecule has 78 valence electrons. The van der Waals surface area contributed by atoms with Crippen molar-refractivity contribution in [3.63, 3.8) is 0 Å². The second-order valence-electron chi connectivity index (χ2n) is 2.53. The molecule has 1 N–H and O–H groups in total. The van der Waals surface area contributed by atoms with Gasteiger partial charge in [0.2, 0.25) is 0 Å². The molecule has 0 unspecified atom stereocenters. The van der Waals surface area contributed by atoms with Crippen molar-refractivity contribution >= 4 is 17.7 Å². The van der Waals surface area contributed by atoms with Crippen LogP contribution >= 0.6 is 0 Å². The molecule has 0 saturated heterocycles. The highest BCUT2D eigenvalue weighted by molar-refractivity contribution is 5.89. The third kappa shape index (κ3) is 2.63. The Morgan fingerprint density at radius 1 is 1.53 bits per heavy atom. The van der Waals surface area contributed by atoms with Crippen LogP contribution in [0.5, 0.6) is 0 Å². The lowest BCUT2D eigenvalue weighted by atomic mass is 10.2. The van der Waals surface area contributed by atoms with E-state index in [1.165, 1.54) is 37.4 Å². The van der Waals surface area contributed by atoms with Gasteiger partial charge in [-0.05, 0) is 24.3 Å². The molecule has 0 aliphatic rings. The first-order valence-corrected chi connectivity index (χ1v) is 3.96. The Bertz CT molecular complexity index is 396. The fraction of sp³-hybridized carbons (Fsp3) is 0.111. The summed E-state index contributed by atoms with van der Waals surface area (Å²) in [5.74, 6) is -0.469. The van der Waals surface area contributed by atoms with Gasteiger partial charge in [-0.1, -0.05) is 0 Å². The minimum atomic E-state index is -0.469. The predicted molar refractivity (Wildman–Crippen MR) is 52.8 cm³/mol. The predicted octanol–water partition coefficient (Wildman–Crippen LogP) is 1.33. The van der Waals surface area contributed by atoms with Crippen molar-refractivity contribution in [2.75, 3.05) is 12.3 Å². The maximum Gasteiger partial charge on any atom is 0.337 e. The van der Waals surface area contributed by atoms with Gasteiger partial charge < -0.3 is 15.2 Å². The summed E-state index contributed by atoms with van der Waals surface area (Å²) in [6.45, 7) is 0. The summed E-state index contributed by atoms with van der Waals surface area (Å²) < 4.78 is 4.49. The SMILES string of the molecule is COC(=O)c1ccc(N(O)N=C=[N-])cc1. The maximum absolute atomic E-state index is 11.0. The topological polar surface area (TPSA) is 84.4 Å². The normalized spacial score (nSPS) is 8.93. The van der Waals surface area contributed by atoms with Crippen LogP contribution < -0.4 is 5.17 Å². The van der Waals surface area contributed by atoms with Crippen molar-refractivity contribution < 1.29 is 14.7 Å². The molecule has 15 heavy (non-hydrogen) atoms. The number of carbonyl (C=O) groups excluding carboxylic acids is 1. The minimum absolute atomic E-state index is 0.282. The lowest BCUT2D eigenvalue weighted by Gasteiger charge is -2.15. The number of nitrogens with zero attached hydrogens (tertiary/aromatic N) is 3. The van der Waals surface area contributed by atoms with Gasteiger partial charge in [-0.25, -0.2) is 9.97 Å². The van der Waals surface area contributed by atoms with E-state index in [0.29, 0.717) is 10.7 Å². The first kappa shape index (κ1) is 10.9. The Hall–Kier alpha value is -2.17. The third-order valence-corrected chi connectivity index (χ3v) is 1.66. The summed E-state index contributed by atoms with van der Waals surface area (Å²) in [5, 5.41) is 20.8. The second-order valence-corrected chi connectivity index (χ2v) is 2.53. The van der Waals surface area contributed by atoms with E-state index in [-0.39, 0.29) is 5.69 Å². The first-order chi connectivity index (χ1) is 7.19. The Morgan fingerprint density at radius 3 is 2.60 bits per heavy atom. The van der Waals surface area contributed by atoms with Crippen LogP contribution in [0.1, 0.15) is 10.4 Å². The number of hydrazone groups is 1. The summed E-state index contributed by atoms with van der Waals surface area (Å²) in [4.78, 5) is 11.0. The van der Waals surface area contributed by atoms with Crippen molar-refractivity contribution in [2.45, 2.75) is 0 Å². The molecule has 0 amide bonds. The number of carbonyl (C=O) groups is 1. The molecule has 0 bridgehead atoms. The minimum Gasteiger partial charge on any atom is -0.465 e. The highest BCUT2D eigenvalue weighted by Gasteiger charge is 2.04. The van der Waals surface area contributed by atoms with Crippen LogP contribution in [0, 0.1) is 0 Å². The van der Waals surface area contributed by atoms with E-state index in [1.54, 1.807) is 0 Å². The van der Waals surface area contributed by atoms with E-state index in [4.69, 9.17) is 10.6 Å². The van der Waals surface area contributed by atoms with Crippen molar-refractivity contribution in [2.24, 2.45) is 5.10 Å². The molecule has 1 aromatic rings. The van der Waals surface area contributed by atoms with Crippen LogP contribution in [0.25, 0.3) is 5.41 Å². The molecule has 0 aliphatic carbocycles. The van der Waals surface area contributed by atoms with E-state index in [2.05, 4.69) is 9.84 Å². The van der Waals surface area contributed by atoms with Crippen LogP contribution in [0.2, 0.25) is 0 Å². The number of methoxy groups -OCH3 is 1. The number of benzene rings is 1. The molecule has 0 atom stereocenters. The van der Waals surface area contributed by atoms with Gasteiger partial charge in [0.25, 0.3) is 0 Å². The lowest BCUT2D eigenvalue weighted by molar-refractivity contribution is 0.0600. The summed E-state index contributed by atoms with van der Waals surface area (Å²) in [5.41, 5.74) is 0.635. The Balaban J connectivity index is 2.89. The molecule has 0 saturated carbocycles. The molecule has 0 aromatic heterocycles. The zero-order valence-corrected chi connectivity index (χ0v) is 7.91. The maximum atomic E-state index is 11.0. The van der Waals surface area contributed by atoms with Gasteiger partial charge in [-0.3, -0.25) is 5.21 Å². The van der Waals surface area contributed by atoms with Gasteiger partial charge in [0.15, 0.2) is 0 Å². The van der Waals surface area contributed by atoms with Gasteiger partial charge in [0, 0.05) is 0 Å². The molecule has 1 rings (SSSR count). The number of hydrogen-bond acceptors (Lipinski definition) is 5. The molecule has 6 heteroatoms. The first-order valence-electron chi connectivity index (χ1n) is 3.96. The molecule has 0 heterocycles. The highest BCUT2D eigenvalue weighted by atomic mass is 16.5. The van der Waals surface area contributed by atoms with Crippen LogP contribution in [-0.4, -0.2) is 24.3 Å². The Labute approximate surface area is 85.9 Å². The summed E-state index contributed by atoms with van der Waals surface area (Å²) in [7, 11) is 1.28. The second kappa shape index (κ2) is 4.90. The van der Waals surface area contributed by atoms with Crippen molar-refractivity contribution in [3.05, 3.63) is 35.2 Å². The van der Waals surface area contributed by atoms with Gasteiger partial charge >= 0.3 is 5.97 Å². The fourth-order valence-corrected chi connectivity index (χ4v) is 0.949. The molecule has 0 fully saturated rings. The van der Waals surface area contributed by atoms with E-state index in [9.17, 15) is 4.79 Å². The molecule has 6 nitrogen and oxygen atoms in total. The molecule has 0 spiro atoms. The Kier molecular flexibility index (Phi) is 3.56. The van der Waals surface area contributed by atoms with Crippen LogP contribution in [0.3, 0.4) is 0 Å². The van der Waals surface area contributed by atoms with Gasteiger partial charge in [-0.15, -0.1) is 6.01 Å². The van der Waals surface area contributed by atoms with Crippen molar-refractivity contribution in [1.82, 2.24) is 0 Å². The Morgan fingerprint density at radius 2 is 2.13 bits per heavy atom. The van der Waals surface area contributed by atoms with Crippen molar-refractivity contribution in [3.8, 4) is 0 Å². The number of ether oxygens (including phenoxy) is 1. The summed E-state index contributed by atoms with van der Waals surface area (Å²) >= 11 is 0. The quantitative estimate of drug-likeness (QED) is 0.459. The highest BCUT2D eigenvalue weighted by Crippen LogP contribution is 2.13. The molecule has 1 aromatic carbocycles. The molecular formula is C9H8N3O3-. The van der Waals surface area contributed by atoms with Crippen molar-refractivity contribution in [1.29, 1.82) is 0 Å². The monoisotopic (exact) mass is 206 g/mol. The standard InChI is InChI=1S/C9H8N3O3/c1-15-9(13)7-2-4-8(5-3-7)12(14)11-6-10/h2-5,14H,1H3/q-1. The summed E-state index contributed by atoms with van der Waals surface area (Å²) in [6, 6.07) is 7.21. The smallest absolute Gasteiger partial charge is 0.337 e. The van der Waals surface area contributed by atoms with E-state index < -0.39 is 5.97 Å². The van der Waals surface area contributed by atoms with Gasteiger partial charge in [-0.2, -0.15) is 0 Å².